The quantitative estimate of drug-likeness (QED) is 0.505. The number of carboxylic acid groups (broad SMARTS) is 2. The van der Waals surface area contributed by atoms with E-state index < -0.39 is 12.2 Å². The molecule has 1 fully saturated rings. The first-order valence-electron chi connectivity index (χ1n) is 4.03. The molecule has 0 unspecified atom stereocenters. The first-order valence-corrected chi connectivity index (χ1v) is 4.03. The minimum absolute atomic E-state index is 0.294. The van der Waals surface area contributed by atoms with Gasteiger partial charge in [-0.3, -0.25) is 0 Å². The van der Waals surface area contributed by atoms with Gasteiger partial charge in [0.2, 0.25) is 0 Å². The minimum Gasteiger partial charge on any atom is -0.465 e. The third kappa shape index (κ3) is 3.64. The maximum atomic E-state index is 10.1. The summed E-state index contributed by atoms with van der Waals surface area (Å²) in [7, 11) is 0. The normalized spacial score (nSPS) is 24.9. The highest BCUT2D eigenvalue weighted by Crippen LogP contribution is 2.36. The monoisotopic (exact) mass is 188 g/mol. The van der Waals surface area contributed by atoms with Crippen molar-refractivity contribution in [1.82, 2.24) is 10.6 Å². The topological polar surface area (TPSA) is 98.7 Å². The van der Waals surface area contributed by atoms with Crippen molar-refractivity contribution in [2.24, 2.45) is 11.8 Å². The Balaban J connectivity index is 2.02. The summed E-state index contributed by atoms with van der Waals surface area (Å²) < 4.78 is 0. The number of carbonyl (C=O) groups is 2. The van der Waals surface area contributed by atoms with Crippen molar-refractivity contribution in [3.8, 4) is 0 Å². The molecule has 1 saturated carbocycles. The molecule has 4 N–H and O–H groups in total. The molecule has 0 aromatic carbocycles. The Hall–Kier alpha value is -1.46. The highest BCUT2D eigenvalue weighted by atomic mass is 16.4. The van der Waals surface area contributed by atoms with Crippen LogP contribution >= 0.6 is 0 Å². The predicted octanol–water partition coefficient (Wildman–Crippen LogP) is 0.158. The van der Waals surface area contributed by atoms with E-state index in [-0.39, 0.29) is 0 Å². The molecule has 1 aliphatic carbocycles. The summed E-state index contributed by atoms with van der Waals surface area (Å²) >= 11 is 0. The molecule has 1 aliphatic rings. The smallest absolute Gasteiger partial charge is 0.404 e. The summed E-state index contributed by atoms with van der Waals surface area (Å²) in [4.78, 5) is 20.2. The number of hydrogen-bond acceptors (Lipinski definition) is 2. The van der Waals surface area contributed by atoms with Crippen molar-refractivity contribution in [3.63, 3.8) is 0 Å². The van der Waals surface area contributed by atoms with Crippen molar-refractivity contribution in [3.05, 3.63) is 0 Å². The molecular weight excluding hydrogens is 176 g/mol. The molecule has 74 valence electrons. The maximum Gasteiger partial charge on any atom is 0.404 e. The average molecular weight is 188 g/mol. The molecule has 2 amide bonds. The van der Waals surface area contributed by atoms with Crippen LogP contribution in [0.1, 0.15) is 6.42 Å². The van der Waals surface area contributed by atoms with E-state index in [0.29, 0.717) is 24.9 Å². The van der Waals surface area contributed by atoms with Crippen LogP contribution in [0.3, 0.4) is 0 Å². The molecule has 0 radical (unpaired) electrons. The van der Waals surface area contributed by atoms with Crippen LogP contribution in [0.5, 0.6) is 0 Å². The van der Waals surface area contributed by atoms with Crippen LogP contribution < -0.4 is 10.6 Å². The van der Waals surface area contributed by atoms with Crippen molar-refractivity contribution < 1.29 is 19.8 Å². The molecule has 0 aliphatic heterocycles. The average Bonchev–Trinajstić information content (AvgIpc) is 2.76. The summed E-state index contributed by atoms with van der Waals surface area (Å²) in [6, 6.07) is 0. The first-order chi connectivity index (χ1) is 6.09. The van der Waals surface area contributed by atoms with Gasteiger partial charge in [0.15, 0.2) is 0 Å². The molecular formula is C7H12N2O4. The fraction of sp³-hybridized carbons (Fsp3) is 0.714. The van der Waals surface area contributed by atoms with E-state index in [1.807, 2.05) is 0 Å². The van der Waals surface area contributed by atoms with Gasteiger partial charge in [-0.25, -0.2) is 9.59 Å². The predicted molar refractivity (Wildman–Crippen MR) is 43.7 cm³/mol. The van der Waals surface area contributed by atoms with Gasteiger partial charge in [0.1, 0.15) is 0 Å². The SMILES string of the molecule is O=C(O)NC[C@H]1C[C@@H]1CNC(=O)O. The summed E-state index contributed by atoms with van der Waals surface area (Å²) in [5, 5.41) is 21.1. The largest absolute Gasteiger partial charge is 0.465 e. The lowest BCUT2D eigenvalue weighted by atomic mass is 10.3. The molecule has 0 saturated heterocycles. The lowest BCUT2D eigenvalue weighted by molar-refractivity contribution is 0.191. The number of amides is 2. The molecule has 6 heteroatoms. The molecule has 0 bridgehead atoms. The Morgan fingerprint density at radius 2 is 1.46 bits per heavy atom. The van der Waals surface area contributed by atoms with Gasteiger partial charge in [-0.15, -0.1) is 0 Å². The van der Waals surface area contributed by atoms with Crippen LogP contribution in [0.25, 0.3) is 0 Å². The van der Waals surface area contributed by atoms with Gasteiger partial charge < -0.3 is 20.8 Å². The van der Waals surface area contributed by atoms with Crippen LogP contribution in [0, 0.1) is 11.8 Å². The van der Waals surface area contributed by atoms with E-state index in [0.717, 1.165) is 6.42 Å². The van der Waals surface area contributed by atoms with Gasteiger partial charge in [0, 0.05) is 13.1 Å². The number of nitrogens with one attached hydrogen (secondary N) is 2. The van der Waals surface area contributed by atoms with Gasteiger partial charge in [0.05, 0.1) is 0 Å². The Morgan fingerprint density at radius 3 is 1.77 bits per heavy atom. The molecule has 2 atom stereocenters. The second kappa shape index (κ2) is 3.97. The van der Waals surface area contributed by atoms with Crippen LogP contribution in [0.2, 0.25) is 0 Å². The van der Waals surface area contributed by atoms with E-state index in [1.54, 1.807) is 0 Å². The van der Waals surface area contributed by atoms with Gasteiger partial charge in [0.25, 0.3) is 0 Å². The molecule has 0 aromatic heterocycles. The lowest BCUT2D eigenvalue weighted by Crippen LogP contribution is -2.26. The van der Waals surface area contributed by atoms with E-state index in [4.69, 9.17) is 10.2 Å². The van der Waals surface area contributed by atoms with E-state index in [2.05, 4.69) is 10.6 Å². The van der Waals surface area contributed by atoms with Gasteiger partial charge in [-0.2, -0.15) is 0 Å². The second-order valence-corrected chi connectivity index (χ2v) is 3.13. The molecule has 6 nitrogen and oxygen atoms in total. The van der Waals surface area contributed by atoms with E-state index >= 15 is 0 Å². The Bertz CT molecular complexity index is 197. The Morgan fingerprint density at radius 1 is 1.08 bits per heavy atom. The maximum absolute atomic E-state index is 10.1. The van der Waals surface area contributed by atoms with Crippen LogP contribution in [-0.4, -0.2) is 35.5 Å². The first kappa shape index (κ1) is 9.63. The van der Waals surface area contributed by atoms with E-state index in [1.165, 1.54) is 0 Å². The third-order valence-corrected chi connectivity index (χ3v) is 2.10. The van der Waals surface area contributed by atoms with Gasteiger partial charge in [-0.05, 0) is 18.3 Å². The molecule has 0 spiro atoms. The molecule has 0 heterocycles. The van der Waals surface area contributed by atoms with Crippen molar-refractivity contribution >= 4 is 12.2 Å². The fourth-order valence-electron chi connectivity index (χ4n) is 1.25. The van der Waals surface area contributed by atoms with E-state index in [9.17, 15) is 9.59 Å². The zero-order valence-electron chi connectivity index (χ0n) is 6.99. The Kier molecular flexibility index (Phi) is 2.94. The highest BCUT2D eigenvalue weighted by molar-refractivity contribution is 5.64. The molecule has 1 rings (SSSR count). The summed E-state index contributed by atoms with van der Waals surface area (Å²) in [6.07, 6.45) is -1.17. The zero-order chi connectivity index (χ0) is 9.84. The number of hydrogen-bond donors (Lipinski definition) is 4. The summed E-state index contributed by atoms with van der Waals surface area (Å²) in [5.74, 6) is 0.589. The fourth-order valence-corrected chi connectivity index (χ4v) is 1.25. The standard InChI is InChI=1S/C7H12N2O4/c10-6(11)8-2-4-1-5(4)3-9-7(12)13/h4-5,8-9H,1-3H2,(H,10,11)(H,12,13)/t4-,5-/m1/s1. The number of rotatable bonds is 4. The van der Waals surface area contributed by atoms with Gasteiger partial charge in [-0.1, -0.05) is 0 Å². The van der Waals surface area contributed by atoms with Gasteiger partial charge >= 0.3 is 12.2 Å². The molecule has 0 aromatic rings. The Labute approximate surface area is 74.9 Å². The van der Waals surface area contributed by atoms with Crippen LogP contribution in [-0.2, 0) is 0 Å². The highest BCUT2D eigenvalue weighted by Gasteiger charge is 2.36. The summed E-state index contributed by atoms with van der Waals surface area (Å²) in [6.45, 7) is 0.836. The van der Waals surface area contributed by atoms with Crippen molar-refractivity contribution in [1.29, 1.82) is 0 Å². The van der Waals surface area contributed by atoms with Crippen molar-refractivity contribution in [2.45, 2.75) is 6.42 Å². The minimum atomic E-state index is -1.03. The van der Waals surface area contributed by atoms with Crippen LogP contribution in [0.15, 0.2) is 0 Å². The lowest BCUT2D eigenvalue weighted by Gasteiger charge is -2.00. The summed E-state index contributed by atoms with van der Waals surface area (Å²) in [5.41, 5.74) is 0. The molecule has 13 heavy (non-hydrogen) atoms. The second-order valence-electron chi connectivity index (χ2n) is 3.13. The third-order valence-electron chi connectivity index (χ3n) is 2.10. The van der Waals surface area contributed by atoms with Crippen molar-refractivity contribution in [2.75, 3.05) is 13.1 Å². The van der Waals surface area contributed by atoms with Crippen LogP contribution in [0.4, 0.5) is 9.59 Å². The zero-order valence-corrected chi connectivity index (χ0v) is 6.99.